The van der Waals surface area contributed by atoms with Gasteiger partial charge in [-0.3, -0.25) is 0 Å². The zero-order chi connectivity index (χ0) is 12.4. The fourth-order valence-corrected chi connectivity index (χ4v) is 1.39. The fraction of sp³-hybridized carbons (Fsp3) is 0.182. The van der Waals surface area contributed by atoms with E-state index in [0.29, 0.717) is 0 Å². The quantitative estimate of drug-likeness (QED) is 0.895. The van der Waals surface area contributed by atoms with E-state index >= 15 is 0 Å². The minimum absolute atomic E-state index is 0.00250. The van der Waals surface area contributed by atoms with Crippen LogP contribution >= 0.6 is 0 Å². The lowest BCUT2D eigenvalue weighted by Crippen LogP contribution is -1.92. The van der Waals surface area contributed by atoms with Crippen molar-refractivity contribution in [3.05, 3.63) is 30.0 Å². The Labute approximate surface area is 96.2 Å². The number of hydrogen-bond donors (Lipinski definition) is 1. The van der Waals surface area contributed by atoms with E-state index in [2.05, 4.69) is 15.0 Å². The van der Waals surface area contributed by atoms with Crippen LogP contribution in [-0.4, -0.2) is 19.1 Å². The van der Waals surface area contributed by atoms with E-state index in [1.165, 1.54) is 13.3 Å². The summed E-state index contributed by atoms with van der Waals surface area (Å²) >= 11 is 0. The standard InChI is InChI=1S/C11H10F2N2O2/c1-14-11-15-5-10(17-11)6-3-8(13)9(16-2)4-7(6)12/h3-5H,1-2H3,(H,14,15). The zero-order valence-electron chi connectivity index (χ0n) is 9.25. The second-order valence-electron chi connectivity index (χ2n) is 3.25. The Hall–Kier alpha value is -2.11. The van der Waals surface area contributed by atoms with Gasteiger partial charge in [0.05, 0.1) is 18.9 Å². The van der Waals surface area contributed by atoms with Gasteiger partial charge in [0.15, 0.2) is 17.3 Å². The van der Waals surface area contributed by atoms with Crippen molar-refractivity contribution in [3.8, 4) is 17.1 Å². The summed E-state index contributed by atoms with van der Waals surface area (Å²) in [5, 5.41) is 2.66. The molecule has 0 aliphatic heterocycles. The minimum Gasteiger partial charge on any atom is -0.494 e. The molecule has 6 heteroatoms. The molecule has 1 N–H and O–H groups in total. The lowest BCUT2D eigenvalue weighted by molar-refractivity contribution is 0.383. The summed E-state index contributed by atoms with van der Waals surface area (Å²) < 4.78 is 36.9. The summed E-state index contributed by atoms with van der Waals surface area (Å²) in [6.07, 6.45) is 1.32. The lowest BCUT2D eigenvalue weighted by Gasteiger charge is -2.04. The molecule has 4 nitrogen and oxygen atoms in total. The van der Waals surface area contributed by atoms with Crippen molar-refractivity contribution in [1.29, 1.82) is 0 Å². The Bertz CT molecular complexity index is 540. The summed E-state index contributed by atoms with van der Waals surface area (Å²) in [6, 6.07) is 2.20. The molecule has 0 bridgehead atoms. The van der Waals surface area contributed by atoms with Gasteiger partial charge >= 0.3 is 0 Å². The molecule has 0 aliphatic rings. The molecular formula is C11H10F2N2O2. The van der Waals surface area contributed by atoms with E-state index in [0.717, 1.165) is 12.1 Å². The van der Waals surface area contributed by atoms with Crippen LogP contribution in [0.25, 0.3) is 11.3 Å². The smallest absolute Gasteiger partial charge is 0.294 e. The predicted molar refractivity (Wildman–Crippen MR) is 58.0 cm³/mol. The van der Waals surface area contributed by atoms with Crippen LogP contribution in [0, 0.1) is 11.6 Å². The topological polar surface area (TPSA) is 47.3 Å². The maximum Gasteiger partial charge on any atom is 0.294 e. The molecule has 90 valence electrons. The van der Waals surface area contributed by atoms with Gasteiger partial charge in [-0.1, -0.05) is 0 Å². The second-order valence-corrected chi connectivity index (χ2v) is 3.25. The van der Waals surface area contributed by atoms with Gasteiger partial charge in [-0.05, 0) is 6.07 Å². The van der Waals surface area contributed by atoms with Crippen LogP contribution in [0.1, 0.15) is 0 Å². The van der Waals surface area contributed by atoms with Gasteiger partial charge in [-0.15, -0.1) is 0 Å². The number of halogens is 2. The first kappa shape index (κ1) is 11.4. The van der Waals surface area contributed by atoms with Crippen molar-refractivity contribution >= 4 is 6.01 Å². The highest BCUT2D eigenvalue weighted by molar-refractivity contribution is 5.60. The average Bonchev–Trinajstić information content (AvgIpc) is 2.80. The molecule has 0 aliphatic carbocycles. The molecule has 2 aromatic rings. The van der Waals surface area contributed by atoms with Crippen LogP contribution < -0.4 is 10.1 Å². The number of benzene rings is 1. The first-order valence-corrected chi connectivity index (χ1v) is 4.82. The fourth-order valence-electron chi connectivity index (χ4n) is 1.39. The van der Waals surface area contributed by atoms with Crippen molar-refractivity contribution in [2.45, 2.75) is 0 Å². The number of oxazole rings is 1. The van der Waals surface area contributed by atoms with Crippen LogP contribution in [0.3, 0.4) is 0 Å². The number of aromatic nitrogens is 1. The number of rotatable bonds is 3. The van der Waals surface area contributed by atoms with Crippen molar-refractivity contribution in [3.63, 3.8) is 0 Å². The summed E-state index contributed by atoms with van der Waals surface area (Å²) in [4.78, 5) is 3.83. The Morgan fingerprint density at radius 1 is 1.29 bits per heavy atom. The maximum atomic E-state index is 13.7. The maximum absolute atomic E-state index is 13.7. The van der Waals surface area contributed by atoms with Crippen LogP contribution in [0.2, 0.25) is 0 Å². The van der Waals surface area contributed by atoms with Gasteiger partial charge in [0.1, 0.15) is 5.82 Å². The SMILES string of the molecule is CNc1ncc(-c2cc(F)c(OC)cc2F)o1. The summed E-state index contributed by atoms with van der Waals surface area (Å²) in [7, 11) is 2.88. The molecule has 0 fully saturated rings. The highest BCUT2D eigenvalue weighted by Gasteiger charge is 2.15. The van der Waals surface area contributed by atoms with Crippen molar-refractivity contribution in [1.82, 2.24) is 4.98 Å². The van der Waals surface area contributed by atoms with E-state index in [4.69, 9.17) is 4.42 Å². The number of anilines is 1. The van der Waals surface area contributed by atoms with E-state index in [1.807, 2.05) is 0 Å². The van der Waals surface area contributed by atoms with E-state index in [-0.39, 0.29) is 23.1 Å². The van der Waals surface area contributed by atoms with Gasteiger partial charge in [-0.2, -0.15) is 0 Å². The molecule has 1 aromatic carbocycles. The molecule has 0 radical (unpaired) electrons. The highest BCUT2D eigenvalue weighted by Crippen LogP contribution is 2.30. The number of ether oxygens (including phenoxy) is 1. The van der Waals surface area contributed by atoms with Crippen molar-refractivity contribution in [2.75, 3.05) is 19.5 Å². The van der Waals surface area contributed by atoms with Crippen LogP contribution in [0.15, 0.2) is 22.7 Å². The molecule has 17 heavy (non-hydrogen) atoms. The first-order chi connectivity index (χ1) is 8.15. The molecular weight excluding hydrogens is 230 g/mol. The molecule has 0 saturated carbocycles. The van der Waals surface area contributed by atoms with Gasteiger partial charge in [0, 0.05) is 13.1 Å². The molecule has 1 aromatic heterocycles. The van der Waals surface area contributed by atoms with E-state index in [1.54, 1.807) is 7.05 Å². The number of nitrogens with one attached hydrogen (secondary N) is 1. The molecule has 0 saturated heterocycles. The monoisotopic (exact) mass is 240 g/mol. The summed E-state index contributed by atoms with van der Waals surface area (Å²) in [6.45, 7) is 0. The van der Waals surface area contributed by atoms with Gasteiger partial charge < -0.3 is 14.5 Å². The molecule has 1 heterocycles. The second kappa shape index (κ2) is 4.40. The van der Waals surface area contributed by atoms with Gasteiger partial charge in [0.2, 0.25) is 0 Å². The Kier molecular flexibility index (Phi) is 2.95. The van der Waals surface area contributed by atoms with Gasteiger partial charge in [-0.25, -0.2) is 13.8 Å². The third-order valence-electron chi connectivity index (χ3n) is 2.23. The molecule has 0 unspecified atom stereocenters. The Balaban J connectivity index is 2.48. The van der Waals surface area contributed by atoms with E-state index in [9.17, 15) is 8.78 Å². The van der Waals surface area contributed by atoms with E-state index < -0.39 is 11.6 Å². The Morgan fingerprint density at radius 2 is 2.06 bits per heavy atom. The number of nitrogens with zero attached hydrogens (tertiary/aromatic N) is 1. The van der Waals surface area contributed by atoms with Crippen molar-refractivity contribution in [2.24, 2.45) is 0 Å². The van der Waals surface area contributed by atoms with Crippen LogP contribution in [-0.2, 0) is 0 Å². The van der Waals surface area contributed by atoms with Crippen molar-refractivity contribution < 1.29 is 17.9 Å². The zero-order valence-corrected chi connectivity index (χ0v) is 9.25. The molecule has 2 rings (SSSR count). The summed E-state index contributed by atoms with van der Waals surface area (Å²) in [5.41, 5.74) is -0.00250. The predicted octanol–water partition coefficient (Wildman–Crippen LogP) is 2.67. The van der Waals surface area contributed by atoms with Crippen LogP contribution in [0.5, 0.6) is 5.75 Å². The van der Waals surface area contributed by atoms with Crippen LogP contribution in [0.4, 0.5) is 14.8 Å². The van der Waals surface area contributed by atoms with Gasteiger partial charge in [0.25, 0.3) is 6.01 Å². The number of methoxy groups -OCH3 is 1. The third kappa shape index (κ3) is 2.06. The Morgan fingerprint density at radius 3 is 2.65 bits per heavy atom. The normalized spacial score (nSPS) is 10.4. The first-order valence-electron chi connectivity index (χ1n) is 4.82. The number of hydrogen-bond acceptors (Lipinski definition) is 4. The average molecular weight is 240 g/mol. The highest BCUT2D eigenvalue weighted by atomic mass is 19.1. The lowest BCUT2D eigenvalue weighted by atomic mass is 10.1. The molecule has 0 atom stereocenters. The molecule has 0 spiro atoms. The molecule has 0 amide bonds. The minimum atomic E-state index is -0.661. The largest absolute Gasteiger partial charge is 0.494 e. The summed E-state index contributed by atoms with van der Waals surface area (Å²) in [5.74, 6) is -1.30. The third-order valence-corrected chi connectivity index (χ3v) is 2.23.